The van der Waals surface area contributed by atoms with Gasteiger partial charge in [-0.2, -0.15) is 0 Å². The Hall–Kier alpha value is -3.20. The van der Waals surface area contributed by atoms with Crippen molar-refractivity contribution in [2.45, 2.75) is 13.8 Å². The molecule has 0 fully saturated rings. The molecule has 27 heavy (non-hydrogen) atoms. The highest BCUT2D eigenvalue weighted by atomic mass is 16.5. The van der Waals surface area contributed by atoms with Crippen molar-refractivity contribution < 1.29 is 13.9 Å². The highest BCUT2D eigenvalue weighted by Crippen LogP contribution is 2.28. The lowest BCUT2D eigenvalue weighted by Crippen LogP contribution is -1.98. The molecule has 0 bridgehead atoms. The Labute approximate surface area is 161 Å². The number of benzene rings is 1. The van der Waals surface area contributed by atoms with Gasteiger partial charge in [-0.3, -0.25) is 0 Å². The Balaban J connectivity index is 2.11. The van der Waals surface area contributed by atoms with E-state index in [1.165, 1.54) is 0 Å². The molecule has 0 spiro atoms. The number of rotatable bonds is 9. The first kappa shape index (κ1) is 20.1. The molecule has 2 rings (SSSR count). The van der Waals surface area contributed by atoms with Gasteiger partial charge >= 0.3 is 0 Å². The summed E-state index contributed by atoms with van der Waals surface area (Å²) >= 11 is 0. The van der Waals surface area contributed by atoms with E-state index in [0.717, 1.165) is 39.4 Å². The van der Waals surface area contributed by atoms with Gasteiger partial charge in [-0.1, -0.05) is 43.5 Å². The van der Waals surface area contributed by atoms with Gasteiger partial charge in [-0.15, -0.1) is 0 Å². The van der Waals surface area contributed by atoms with Gasteiger partial charge in [-0.05, 0) is 55.8 Å². The summed E-state index contributed by atoms with van der Waals surface area (Å²) in [6.45, 7) is 12.0. The summed E-state index contributed by atoms with van der Waals surface area (Å²) < 4.78 is 17.0. The third kappa shape index (κ3) is 5.65. The Kier molecular flexibility index (Phi) is 7.50. The fourth-order valence-corrected chi connectivity index (χ4v) is 2.49. The van der Waals surface area contributed by atoms with E-state index in [2.05, 4.69) is 13.2 Å². The summed E-state index contributed by atoms with van der Waals surface area (Å²) in [4.78, 5) is 0. The first-order valence-corrected chi connectivity index (χ1v) is 8.79. The van der Waals surface area contributed by atoms with Gasteiger partial charge in [0.25, 0.3) is 0 Å². The number of fused-ring (bicyclic) bond motifs is 1. The maximum Gasteiger partial charge on any atom is 0.135 e. The molecule has 1 aromatic carbocycles. The summed E-state index contributed by atoms with van der Waals surface area (Å²) in [5.41, 5.74) is 2.64. The van der Waals surface area contributed by atoms with Crippen LogP contribution in [0.15, 0.2) is 95.7 Å². The van der Waals surface area contributed by atoms with Crippen molar-refractivity contribution in [1.82, 2.24) is 0 Å². The highest BCUT2D eigenvalue weighted by molar-refractivity contribution is 5.85. The van der Waals surface area contributed by atoms with Crippen LogP contribution in [0, 0.1) is 0 Å². The van der Waals surface area contributed by atoms with Crippen molar-refractivity contribution in [3.05, 3.63) is 97.0 Å². The summed E-state index contributed by atoms with van der Waals surface area (Å²) in [6.07, 6.45) is 13.3. The maximum atomic E-state index is 5.93. The normalized spacial score (nSPS) is 12.9. The smallest absolute Gasteiger partial charge is 0.135 e. The molecule has 0 aliphatic rings. The van der Waals surface area contributed by atoms with Gasteiger partial charge in [0.1, 0.15) is 29.5 Å². The van der Waals surface area contributed by atoms with E-state index in [9.17, 15) is 0 Å². The van der Waals surface area contributed by atoms with Gasteiger partial charge in [0.2, 0.25) is 0 Å². The molecule has 140 valence electrons. The molecule has 0 saturated heterocycles. The molecule has 0 atom stereocenters. The zero-order valence-corrected chi connectivity index (χ0v) is 16.2. The molecule has 0 aliphatic heterocycles. The third-order valence-corrected chi connectivity index (χ3v) is 3.84. The fourth-order valence-electron chi connectivity index (χ4n) is 2.49. The maximum absolute atomic E-state index is 5.93. The van der Waals surface area contributed by atoms with Crippen LogP contribution in [0.3, 0.4) is 0 Å². The van der Waals surface area contributed by atoms with Gasteiger partial charge in [0.05, 0.1) is 7.11 Å². The quantitative estimate of drug-likeness (QED) is 0.371. The highest BCUT2D eigenvalue weighted by Gasteiger charge is 2.08. The monoisotopic (exact) mass is 362 g/mol. The molecular formula is C24H26O3. The molecule has 0 radical (unpaired) electrons. The van der Waals surface area contributed by atoms with Crippen LogP contribution in [0.2, 0.25) is 0 Å². The fraction of sp³-hybridized carbons (Fsp3) is 0.167. The van der Waals surface area contributed by atoms with Crippen LogP contribution in [0.25, 0.3) is 16.5 Å². The number of allylic oxidation sites excluding steroid dienone is 7. The molecule has 1 heterocycles. The van der Waals surface area contributed by atoms with Crippen LogP contribution >= 0.6 is 0 Å². The van der Waals surface area contributed by atoms with Crippen molar-refractivity contribution >= 4 is 16.5 Å². The Morgan fingerprint density at radius 2 is 1.96 bits per heavy atom. The molecule has 3 nitrogen and oxygen atoms in total. The Morgan fingerprint density at radius 3 is 2.63 bits per heavy atom. The average Bonchev–Trinajstić information content (AvgIpc) is 3.10. The van der Waals surface area contributed by atoms with Crippen LogP contribution in [-0.2, 0) is 4.74 Å². The number of furan rings is 1. The van der Waals surface area contributed by atoms with E-state index in [0.29, 0.717) is 6.61 Å². The van der Waals surface area contributed by atoms with Crippen LogP contribution in [0.4, 0.5) is 0 Å². The SMILES string of the molecule is C=C/C=C(\C=C/C)c1cc2cc(OCC(=C)/C=C\C(=C/C)OC)ccc2o1. The zero-order valence-electron chi connectivity index (χ0n) is 16.2. The molecule has 0 aliphatic carbocycles. The third-order valence-electron chi connectivity index (χ3n) is 3.84. The van der Waals surface area contributed by atoms with Crippen LogP contribution in [0.5, 0.6) is 5.75 Å². The number of hydrogen-bond donors (Lipinski definition) is 0. The molecular weight excluding hydrogens is 336 g/mol. The predicted molar refractivity (Wildman–Crippen MR) is 114 cm³/mol. The standard InChI is InChI=1S/C24H26O3/c1-6-9-19(10-7-2)24-16-20-15-22(13-14-23(20)27-24)26-17-18(4)11-12-21(8-3)25-5/h6-16H,1,4,17H2,2-3,5H3/b10-7-,12-11-,19-9+,21-8+. The van der Waals surface area contributed by atoms with Gasteiger partial charge in [-0.25, -0.2) is 0 Å². The van der Waals surface area contributed by atoms with Crippen molar-refractivity contribution in [2.24, 2.45) is 0 Å². The van der Waals surface area contributed by atoms with E-state index in [1.54, 1.807) is 13.2 Å². The molecule has 3 heteroatoms. The average molecular weight is 362 g/mol. The summed E-state index contributed by atoms with van der Waals surface area (Å²) in [7, 11) is 1.64. The Morgan fingerprint density at radius 1 is 1.15 bits per heavy atom. The van der Waals surface area contributed by atoms with E-state index in [1.807, 2.05) is 74.6 Å². The number of ether oxygens (including phenoxy) is 2. The zero-order chi connectivity index (χ0) is 19.6. The number of methoxy groups -OCH3 is 1. The van der Waals surface area contributed by atoms with E-state index >= 15 is 0 Å². The minimum atomic E-state index is 0.396. The largest absolute Gasteiger partial charge is 0.497 e. The summed E-state index contributed by atoms with van der Waals surface area (Å²) in [6, 6.07) is 7.78. The van der Waals surface area contributed by atoms with E-state index < -0.39 is 0 Å². The summed E-state index contributed by atoms with van der Waals surface area (Å²) in [5.74, 6) is 2.35. The minimum Gasteiger partial charge on any atom is -0.497 e. The predicted octanol–water partition coefficient (Wildman–Crippen LogP) is 6.62. The van der Waals surface area contributed by atoms with Crippen molar-refractivity contribution in [2.75, 3.05) is 13.7 Å². The first-order chi connectivity index (χ1) is 13.1. The molecule has 0 amide bonds. The number of hydrogen-bond acceptors (Lipinski definition) is 3. The second-order valence-corrected chi connectivity index (χ2v) is 5.84. The molecule has 0 N–H and O–H groups in total. The molecule has 2 aromatic rings. The topological polar surface area (TPSA) is 31.6 Å². The summed E-state index contributed by atoms with van der Waals surface area (Å²) in [5, 5.41) is 0.985. The van der Waals surface area contributed by atoms with Crippen molar-refractivity contribution in [1.29, 1.82) is 0 Å². The first-order valence-electron chi connectivity index (χ1n) is 8.79. The molecule has 0 unspecified atom stereocenters. The molecule has 1 aromatic heterocycles. The molecule has 0 saturated carbocycles. The van der Waals surface area contributed by atoms with E-state index in [4.69, 9.17) is 13.9 Å². The van der Waals surface area contributed by atoms with Gasteiger partial charge < -0.3 is 13.9 Å². The lowest BCUT2D eigenvalue weighted by Gasteiger charge is -2.06. The van der Waals surface area contributed by atoms with Crippen molar-refractivity contribution in [3.8, 4) is 5.75 Å². The van der Waals surface area contributed by atoms with Gasteiger partial charge in [0.15, 0.2) is 0 Å². The van der Waals surface area contributed by atoms with Crippen LogP contribution in [-0.4, -0.2) is 13.7 Å². The van der Waals surface area contributed by atoms with Crippen LogP contribution < -0.4 is 4.74 Å². The lowest BCUT2D eigenvalue weighted by atomic mass is 10.1. The minimum absolute atomic E-state index is 0.396. The lowest BCUT2D eigenvalue weighted by molar-refractivity contribution is 0.306. The second kappa shape index (κ2) is 10.1. The second-order valence-electron chi connectivity index (χ2n) is 5.84. The van der Waals surface area contributed by atoms with Gasteiger partial charge in [0, 0.05) is 11.0 Å². The van der Waals surface area contributed by atoms with Crippen LogP contribution in [0.1, 0.15) is 19.6 Å². The van der Waals surface area contributed by atoms with E-state index in [-0.39, 0.29) is 0 Å². The Bertz CT molecular complexity index is 920. The van der Waals surface area contributed by atoms with Crippen molar-refractivity contribution in [3.63, 3.8) is 0 Å².